The predicted molar refractivity (Wildman–Crippen MR) is 68.1 cm³/mol. The van der Waals surface area contributed by atoms with Crippen LogP contribution in [0.4, 0.5) is 8.78 Å². The summed E-state index contributed by atoms with van der Waals surface area (Å²) in [5.41, 5.74) is 0.600. The average Bonchev–Trinajstić information content (AvgIpc) is 2.41. The van der Waals surface area contributed by atoms with Gasteiger partial charge in [0.1, 0.15) is 12.4 Å². The monoisotopic (exact) mass is 284 g/mol. The van der Waals surface area contributed by atoms with Crippen LogP contribution in [-0.2, 0) is 13.2 Å². The van der Waals surface area contributed by atoms with Crippen LogP contribution in [0.1, 0.15) is 11.1 Å². The van der Waals surface area contributed by atoms with Gasteiger partial charge in [0, 0.05) is 16.1 Å². The highest BCUT2D eigenvalue weighted by atomic mass is 35.5. The Morgan fingerprint density at radius 1 is 1.11 bits per heavy atom. The van der Waals surface area contributed by atoms with Crippen LogP contribution < -0.4 is 4.74 Å². The summed E-state index contributed by atoms with van der Waals surface area (Å²) in [6.07, 6.45) is 0. The Bertz CT molecular complexity index is 588. The van der Waals surface area contributed by atoms with Crippen molar-refractivity contribution in [2.24, 2.45) is 0 Å². The Balaban J connectivity index is 2.17. The van der Waals surface area contributed by atoms with Gasteiger partial charge in [-0.15, -0.1) is 0 Å². The quantitative estimate of drug-likeness (QED) is 0.928. The SMILES string of the molecule is OCc1cc(Cl)ccc1OCc1cccc(F)c1F. The minimum atomic E-state index is -0.929. The lowest BCUT2D eigenvalue weighted by molar-refractivity contribution is 0.256. The number of hydrogen-bond donors (Lipinski definition) is 1. The van der Waals surface area contributed by atoms with E-state index in [-0.39, 0.29) is 18.8 Å². The van der Waals surface area contributed by atoms with Gasteiger partial charge < -0.3 is 9.84 Å². The van der Waals surface area contributed by atoms with Gasteiger partial charge in [-0.05, 0) is 24.3 Å². The molecular weight excluding hydrogens is 274 g/mol. The first-order valence-corrected chi connectivity index (χ1v) is 5.94. The standard InChI is InChI=1S/C14H11ClF2O2/c15-11-4-5-13(10(6-11)7-18)19-8-9-2-1-3-12(16)14(9)17/h1-6,18H,7-8H2. The molecule has 19 heavy (non-hydrogen) atoms. The van der Waals surface area contributed by atoms with Crippen LogP contribution in [0, 0.1) is 11.6 Å². The first-order valence-electron chi connectivity index (χ1n) is 5.57. The van der Waals surface area contributed by atoms with E-state index in [0.717, 1.165) is 6.07 Å². The van der Waals surface area contributed by atoms with Gasteiger partial charge in [0.05, 0.1) is 6.61 Å². The average molecular weight is 285 g/mol. The van der Waals surface area contributed by atoms with Crippen LogP contribution in [0.3, 0.4) is 0 Å². The molecule has 0 aliphatic rings. The molecule has 0 saturated carbocycles. The molecule has 0 amide bonds. The van der Waals surface area contributed by atoms with E-state index in [4.69, 9.17) is 21.4 Å². The van der Waals surface area contributed by atoms with Crippen LogP contribution in [0.15, 0.2) is 36.4 Å². The van der Waals surface area contributed by atoms with Crippen molar-refractivity contribution < 1.29 is 18.6 Å². The Labute approximate surface area is 114 Å². The van der Waals surface area contributed by atoms with Crippen molar-refractivity contribution in [1.29, 1.82) is 0 Å². The number of rotatable bonds is 4. The number of aliphatic hydroxyl groups is 1. The van der Waals surface area contributed by atoms with Crippen molar-refractivity contribution in [3.05, 3.63) is 64.2 Å². The fourth-order valence-corrected chi connectivity index (χ4v) is 1.82. The van der Waals surface area contributed by atoms with Crippen LogP contribution in [0.25, 0.3) is 0 Å². The highest BCUT2D eigenvalue weighted by molar-refractivity contribution is 6.30. The minimum Gasteiger partial charge on any atom is -0.488 e. The minimum absolute atomic E-state index is 0.110. The molecule has 0 atom stereocenters. The van der Waals surface area contributed by atoms with Crippen molar-refractivity contribution in [3.63, 3.8) is 0 Å². The zero-order valence-corrected chi connectivity index (χ0v) is 10.6. The van der Waals surface area contributed by atoms with Crippen molar-refractivity contribution in [2.75, 3.05) is 0 Å². The van der Waals surface area contributed by atoms with E-state index < -0.39 is 11.6 Å². The summed E-state index contributed by atoms with van der Waals surface area (Å²) < 4.78 is 31.8. The van der Waals surface area contributed by atoms with Gasteiger partial charge in [-0.25, -0.2) is 8.78 Å². The van der Waals surface area contributed by atoms with E-state index in [1.165, 1.54) is 12.1 Å². The Hall–Kier alpha value is -1.65. The zero-order chi connectivity index (χ0) is 13.8. The summed E-state index contributed by atoms with van der Waals surface area (Å²) in [6, 6.07) is 8.61. The maximum Gasteiger partial charge on any atom is 0.165 e. The molecule has 5 heteroatoms. The van der Waals surface area contributed by atoms with Crippen molar-refractivity contribution in [3.8, 4) is 5.75 Å². The zero-order valence-electron chi connectivity index (χ0n) is 9.87. The topological polar surface area (TPSA) is 29.5 Å². The molecule has 2 aromatic rings. The molecule has 2 rings (SSSR count). The van der Waals surface area contributed by atoms with Crippen LogP contribution in [0.2, 0.25) is 5.02 Å². The largest absolute Gasteiger partial charge is 0.488 e. The first kappa shape index (κ1) is 13.8. The van der Waals surface area contributed by atoms with Crippen LogP contribution in [-0.4, -0.2) is 5.11 Å². The van der Waals surface area contributed by atoms with Crippen LogP contribution in [0.5, 0.6) is 5.75 Å². The highest BCUT2D eigenvalue weighted by Crippen LogP contribution is 2.24. The first-order chi connectivity index (χ1) is 9.11. The van der Waals surface area contributed by atoms with Gasteiger partial charge in [-0.3, -0.25) is 0 Å². The third-order valence-corrected chi connectivity index (χ3v) is 2.84. The lowest BCUT2D eigenvalue weighted by atomic mass is 10.2. The summed E-state index contributed by atoms with van der Waals surface area (Å²) in [5, 5.41) is 9.63. The molecule has 1 N–H and O–H groups in total. The third kappa shape index (κ3) is 3.22. The third-order valence-electron chi connectivity index (χ3n) is 2.61. The summed E-state index contributed by atoms with van der Waals surface area (Å²) in [5.74, 6) is -1.46. The van der Waals surface area contributed by atoms with E-state index in [1.54, 1.807) is 18.2 Å². The summed E-state index contributed by atoms with van der Waals surface area (Å²) >= 11 is 5.78. The second-order valence-electron chi connectivity index (χ2n) is 3.91. The molecule has 0 bridgehead atoms. The van der Waals surface area contributed by atoms with Crippen molar-refractivity contribution in [1.82, 2.24) is 0 Å². The number of benzene rings is 2. The molecule has 100 valence electrons. The van der Waals surface area contributed by atoms with Gasteiger partial charge in [0.25, 0.3) is 0 Å². The molecule has 0 spiro atoms. The number of halogens is 3. The second kappa shape index (κ2) is 5.99. The lowest BCUT2D eigenvalue weighted by Crippen LogP contribution is -2.02. The fourth-order valence-electron chi connectivity index (χ4n) is 1.63. The normalized spacial score (nSPS) is 10.5. The number of ether oxygens (including phenoxy) is 1. The van der Waals surface area contributed by atoms with E-state index in [0.29, 0.717) is 16.3 Å². The Morgan fingerprint density at radius 2 is 1.89 bits per heavy atom. The van der Waals surface area contributed by atoms with Gasteiger partial charge in [0.2, 0.25) is 0 Å². The number of aliphatic hydroxyl groups excluding tert-OH is 1. The molecule has 2 nitrogen and oxygen atoms in total. The van der Waals surface area contributed by atoms with Gasteiger partial charge in [-0.1, -0.05) is 23.7 Å². The maximum absolute atomic E-state index is 13.4. The van der Waals surface area contributed by atoms with Crippen LogP contribution >= 0.6 is 11.6 Å². The summed E-state index contributed by atoms with van der Waals surface area (Å²) in [6.45, 7) is -0.375. The molecule has 0 aliphatic carbocycles. The lowest BCUT2D eigenvalue weighted by Gasteiger charge is -2.11. The smallest absolute Gasteiger partial charge is 0.165 e. The second-order valence-corrected chi connectivity index (χ2v) is 4.35. The maximum atomic E-state index is 13.4. The van der Waals surface area contributed by atoms with E-state index in [2.05, 4.69) is 0 Å². The molecule has 0 heterocycles. The molecule has 0 saturated heterocycles. The Morgan fingerprint density at radius 3 is 2.63 bits per heavy atom. The highest BCUT2D eigenvalue weighted by Gasteiger charge is 2.09. The van der Waals surface area contributed by atoms with E-state index >= 15 is 0 Å². The van der Waals surface area contributed by atoms with Gasteiger partial charge in [0.15, 0.2) is 11.6 Å². The molecule has 0 radical (unpaired) electrons. The molecule has 0 fully saturated rings. The molecule has 0 unspecified atom stereocenters. The fraction of sp³-hybridized carbons (Fsp3) is 0.143. The van der Waals surface area contributed by atoms with Crippen molar-refractivity contribution in [2.45, 2.75) is 13.2 Å². The molecule has 0 aliphatic heterocycles. The van der Waals surface area contributed by atoms with E-state index in [1.807, 2.05) is 0 Å². The molecule has 2 aromatic carbocycles. The van der Waals surface area contributed by atoms with Gasteiger partial charge >= 0.3 is 0 Å². The summed E-state index contributed by atoms with van der Waals surface area (Å²) in [7, 11) is 0. The molecular formula is C14H11ClF2O2. The summed E-state index contributed by atoms with van der Waals surface area (Å²) in [4.78, 5) is 0. The van der Waals surface area contributed by atoms with E-state index in [9.17, 15) is 8.78 Å². The number of hydrogen-bond acceptors (Lipinski definition) is 2. The van der Waals surface area contributed by atoms with Gasteiger partial charge in [-0.2, -0.15) is 0 Å². The van der Waals surface area contributed by atoms with Crippen molar-refractivity contribution >= 4 is 11.6 Å². The molecule has 0 aromatic heterocycles. The Kier molecular flexibility index (Phi) is 4.35. The predicted octanol–water partition coefficient (Wildman–Crippen LogP) is 3.69.